The van der Waals surface area contributed by atoms with E-state index < -0.39 is 0 Å². The number of hydrogen-bond donors (Lipinski definition) is 2. The molecule has 1 atom stereocenters. The zero-order chi connectivity index (χ0) is 19.6. The number of anilines is 1. The van der Waals surface area contributed by atoms with Crippen LogP contribution in [0.1, 0.15) is 32.3 Å². The average Bonchev–Trinajstić information content (AvgIpc) is 2.69. The number of pyridine rings is 1. The Bertz CT molecular complexity index is 732. The molecule has 27 heavy (non-hydrogen) atoms. The Hall–Kier alpha value is -2.76. The summed E-state index contributed by atoms with van der Waals surface area (Å²) in [6.07, 6.45) is 3.73. The second-order valence-corrected chi connectivity index (χ2v) is 6.51. The van der Waals surface area contributed by atoms with Gasteiger partial charge in [-0.3, -0.25) is 9.98 Å². The number of hydrogen-bond acceptors (Lipinski definition) is 4. The predicted octanol–water partition coefficient (Wildman–Crippen LogP) is 3.92. The van der Waals surface area contributed by atoms with E-state index in [0.29, 0.717) is 30.2 Å². The summed E-state index contributed by atoms with van der Waals surface area (Å²) < 4.78 is 11.0. The molecule has 0 fully saturated rings. The number of benzene rings is 1. The maximum Gasteiger partial charge on any atom is 0.195 e. The Labute approximate surface area is 162 Å². The Morgan fingerprint density at radius 3 is 2.63 bits per heavy atom. The first kappa shape index (κ1) is 20.6. The van der Waals surface area contributed by atoms with Gasteiger partial charge in [-0.2, -0.15) is 0 Å². The summed E-state index contributed by atoms with van der Waals surface area (Å²) in [6, 6.07) is 9.83. The van der Waals surface area contributed by atoms with Crippen LogP contribution < -0.4 is 20.1 Å². The first-order valence-electron chi connectivity index (χ1n) is 9.27. The van der Waals surface area contributed by atoms with Gasteiger partial charge in [-0.15, -0.1) is 0 Å². The van der Waals surface area contributed by atoms with Crippen LogP contribution in [0.3, 0.4) is 0 Å². The third kappa shape index (κ3) is 5.88. The van der Waals surface area contributed by atoms with Gasteiger partial charge in [0.05, 0.1) is 13.7 Å². The van der Waals surface area contributed by atoms with Crippen molar-refractivity contribution in [1.82, 2.24) is 10.3 Å². The molecular weight excluding hydrogens is 340 g/mol. The Morgan fingerprint density at radius 2 is 2.04 bits per heavy atom. The molecule has 0 saturated carbocycles. The molecule has 1 heterocycles. The number of nitrogens with zero attached hydrogens (tertiary/aromatic N) is 2. The van der Waals surface area contributed by atoms with Gasteiger partial charge in [0.2, 0.25) is 0 Å². The van der Waals surface area contributed by atoms with E-state index in [0.717, 1.165) is 18.0 Å². The molecule has 2 aromatic rings. The van der Waals surface area contributed by atoms with Crippen LogP contribution in [0.5, 0.6) is 11.5 Å². The second-order valence-electron chi connectivity index (χ2n) is 6.51. The molecule has 2 N–H and O–H groups in total. The van der Waals surface area contributed by atoms with Crippen LogP contribution >= 0.6 is 0 Å². The van der Waals surface area contributed by atoms with E-state index in [9.17, 15) is 0 Å². The number of ether oxygens (including phenoxy) is 2. The van der Waals surface area contributed by atoms with Crippen LogP contribution in [-0.4, -0.2) is 38.3 Å². The maximum atomic E-state index is 5.56. The van der Waals surface area contributed by atoms with Gasteiger partial charge in [0, 0.05) is 43.7 Å². The summed E-state index contributed by atoms with van der Waals surface area (Å²) in [5, 5.41) is 6.72. The van der Waals surface area contributed by atoms with Gasteiger partial charge in [0.1, 0.15) is 0 Å². The number of aromatic nitrogens is 1. The molecule has 1 aromatic heterocycles. The fourth-order valence-corrected chi connectivity index (χ4v) is 2.88. The third-order valence-corrected chi connectivity index (χ3v) is 4.36. The van der Waals surface area contributed by atoms with Crippen molar-refractivity contribution < 1.29 is 9.47 Å². The van der Waals surface area contributed by atoms with E-state index in [1.165, 1.54) is 5.56 Å². The van der Waals surface area contributed by atoms with Crippen molar-refractivity contribution >= 4 is 11.6 Å². The summed E-state index contributed by atoms with van der Waals surface area (Å²) in [6.45, 7) is 7.74. The normalized spacial score (nSPS) is 12.6. The summed E-state index contributed by atoms with van der Waals surface area (Å²) >= 11 is 0. The molecule has 0 aliphatic heterocycles. The lowest BCUT2D eigenvalue weighted by molar-refractivity contribution is 0.311. The quantitative estimate of drug-likeness (QED) is 0.545. The lowest BCUT2D eigenvalue weighted by Gasteiger charge is -2.23. The standard InChI is InChI=1S/C21H30N4O2/c1-6-27-19-10-9-17(12-20(19)26-5)25-21(22-4)24-14-18(15(2)3)16-8-7-11-23-13-16/h7-13,15,18H,6,14H2,1-5H3,(H2,22,24,25). The highest BCUT2D eigenvalue weighted by Crippen LogP contribution is 2.30. The third-order valence-electron chi connectivity index (χ3n) is 4.36. The van der Waals surface area contributed by atoms with Crippen molar-refractivity contribution in [2.24, 2.45) is 10.9 Å². The van der Waals surface area contributed by atoms with Gasteiger partial charge in [0.15, 0.2) is 17.5 Å². The number of rotatable bonds is 8. The Morgan fingerprint density at radius 1 is 1.22 bits per heavy atom. The minimum atomic E-state index is 0.340. The van der Waals surface area contributed by atoms with Gasteiger partial charge >= 0.3 is 0 Å². The topological polar surface area (TPSA) is 67.8 Å². The number of aliphatic imine (C=N–C) groups is 1. The van der Waals surface area contributed by atoms with Crippen molar-refractivity contribution in [3.8, 4) is 11.5 Å². The molecule has 0 radical (unpaired) electrons. The molecule has 1 aromatic carbocycles. The first-order valence-corrected chi connectivity index (χ1v) is 9.27. The molecule has 146 valence electrons. The fourth-order valence-electron chi connectivity index (χ4n) is 2.88. The highest BCUT2D eigenvalue weighted by atomic mass is 16.5. The van der Waals surface area contributed by atoms with Gasteiger partial charge in [-0.05, 0) is 36.6 Å². The highest BCUT2D eigenvalue weighted by molar-refractivity contribution is 5.93. The average molecular weight is 370 g/mol. The van der Waals surface area contributed by atoms with Gasteiger partial charge in [-0.1, -0.05) is 19.9 Å². The fraction of sp³-hybridized carbons (Fsp3) is 0.429. The maximum absolute atomic E-state index is 5.56. The molecule has 2 rings (SSSR count). The molecule has 0 bridgehead atoms. The molecule has 0 aliphatic carbocycles. The van der Waals surface area contributed by atoms with Crippen molar-refractivity contribution in [2.45, 2.75) is 26.7 Å². The first-order chi connectivity index (χ1) is 13.1. The number of methoxy groups -OCH3 is 1. The van der Waals surface area contributed by atoms with E-state index in [-0.39, 0.29) is 0 Å². The number of nitrogens with one attached hydrogen (secondary N) is 2. The van der Waals surface area contributed by atoms with Crippen LogP contribution in [0.25, 0.3) is 0 Å². The molecule has 0 saturated heterocycles. The molecule has 6 heteroatoms. The highest BCUT2D eigenvalue weighted by Gasteiger charge is 2.16. The molecular formula is C21H30N4O2. The largest absolute Gasteiger partial charge is 0.493 e. The van der Waals surface area contributed by atoms with Crippen LogP contribution in [-0.2, 0) is 0 Å². The zero-order valence-corrected chi connectivity index (χ0v) is 16.8. The van der Waals surface area contributed by atoms with Crippen molar-refractivity contribution in [3.63, 3.8) is 0 Å². The van der Waals surface area contributed by atoms with E-state index >= 15 is 0 Å². The van der Waals surface area contributed by atoms with E-state index in [1.807, 2.05) is 37.4 Å². The van der Waals surface area contributed by atoms with E-state index in [4.69, 9.17) is 9.47 Å². The van der Waals surface area contributed by atoms with Crippen LogP contribution in [0.15, 0.2) is 47.7 Å². The minimum Gasteiger partial charge on any atom is -0.493 e. The van der Waals surface area contributed by atoms with Gasteiger partial charge < -0.3 is 20.1 Å². The predicted molar refractivity (Wildman–Crippen MR) is 111 cm³/mol. The van der Waals surface area contributed by atoms with Crippen molar-refractivity contribution in [2.75, 3.05) is 32.6 Å². The molecule has 0 aliphatic rings. The van der Waals surface area contributed by atoms with Crippen molar-refractivity contribution in [3.05, 3.63) is 48.3 Å². The summed E-state index contributed by atoms with van der Waals surface area (Å²) in [4.78, 5) is 8.58. The molecule has 1 unspecified atom stereocenters. The molecule has 6 nitrogen and oxygen atoms in total. The van der Waals surface area contributed by atoms with Gasteiger partial charge in [-0.25, -0.2) is 0 Å². The van der Waals surface area contributed by atoms with Crippen LogP contribution in [0.4, 0.5) is 5.69 Å². The summed E-state index contributed by atoms with van der Waals surface area (Å²) in [5.41, 5.74) is 2.10. The molecule has 0 amide bonds. The minimum absolute atomic E-state index is 0.340. The van der Waals surface area contributed by atoms with Crippen molar-refractivity contribution in [1.29, 1.82) is 0 Å². The summed E-state index contributed by atoms with van der Waals surface area (Å²) in [5.74, 6) is 2.94. The monoisotopic (exact) mass is 370 g/mol. The second kappa shape index (κ2) is 10.4. The zero-order valence-electron chi connectivity index (χ0n) is 16.8. The smallest absolute Gasteiger partial charge is 0.195 e. The Kier molecular flexibility index (Phi) is 7.92. The van der Waals surface area contributed by atoms with E-state index in [1.54, 1.807) is 20.4 Å². The lowest BCUT2D eigenvalue weighted by Crippen LogP contribution is -2.35. The Balaban J connectivity index is 2.05. The number of guanidine groups is 1. The van der Waals surface area contributed by atoms with Crippen LogP contribution in [0, 0.1) is 5.92 Å². The van der Waals surface area contributed by atoms with Crippen LogP contribution in [0.2, 0.25) is 0 Å². The lowest BCUT2D eigenvalue weighted by atomic mass is 9.89. The van der Waals surface area contributed by atoms with E-state index in [2.05, 4.69) is 40.5 Å². The SMILES string of the molecule is CCOc1ccc(NC(=NC)NCC(c2cccnc2)C(C)C)cc1OC. The summed E-state index contributed by atoms with van der Waals surface area (Å²) in [7, 11) is 3.39. The molecule has 0 spiro atoms. The van der Waals surface area contributed by atoms with Gasteiger partial charge in [0.25, 0.3) is 0 Å².